The smallest absolute Gasteiger partial charge is 0.226 e. The third kappa shape index (κ3) is 4.20. The molecule has 1 aromatic carbocycles. The summed E-state index contributed by atoms with van der Waals surface area (Å²) in [6, 6.07) is 5.83. The first kappa shape index (κ1) is 14.8. The van der Waals surface area contributed by atoms with Crippen LogP contribution >= 0.6 is 0 Å². The molecule has 1 aromatic rings. The fourth-order valence-corrected chi connectivity index (χ4v) is 2.46. The van der Waals surface area contributed by atoms with Crippen LogP contribution in [0.25, 0.3) is 0 Å². The van der Waals surface area contributed by atoms with Crippen LogP contribution in [0.3, 0.4) is 0 Å². The zero-order valence-electron chi connectivity index (χ0n) is 11.8. The third-order valence-corrected chi connectivity index (χ3v) is 3.53. The van der Waals surface area contributed by atoms with Gasteiger partial charge in [0, 0.05) is 13.1 Å². The van der Waals surface area contributed by atoms with Gasteiger partial charge in [-0.1, -0.05) is 0 Å². The molecule has 5 heteroatoms. The van der Waals surface area contributed by atoms with E-state index in [4.69, 9.17) is 4.74 Å². The predicted molar refractivity (Wildman–Crippen MR) is 75.1 cm³/mol. The minimum atomic E-state index is -0.291. The van der Waals surface area contributed by atoms with E-state index in [1.807, 2.05) is 11.9 Å². The van der Waals surface area contributed by atoms with Gasteiger partial charge in [-0.2, -0.15) is 0 Å². The second kappa shape index (κ2) is 7.24. The van der Waals surface area contributed by atoms with Crippen molar-refractivity contribution in [1.82, 2.24) is 10.2 Å². The number of halogens is 1. The molecule has 1 aliphatic rings. The second-order valence-corrected chi connectivity index (χ2v) is 5.10. The summed E-state index contributed by atoms with van der Waals surface area (Å²) in [4.78, 5) is 13.9. The standard InChI is InChI=1S/C15H21FN2O2/c1-17-10-12-6-8-18(11-12)15(19)7-9-20-14-4-2-13(16)3-5-14/h2-5,12,17H,6-11H2,1H3. The van der Waals surface area contributed by atoms with Crippen molar-refractivity contribution >= 4 is 5.91 Å². The van der Waals surface area contributed by atoms with E-state index in [0.717, 1.165) is 26.1 Å². The number of nitrogens with zero attached hydrogens (tertiary/aromatic N) is 1. The number of ether oxygens (including phenoxy) is 1. The minimum Gasteiger partial charge on any atom is -0.493 e. The quantitative estimate of drug-likeness (QED) is 0.861. The summed E-state index contributed by atoms with van der Waals surface area (Å²) in [5, 5.41) is 3.15. The second-order valence-electron chi connectivity index (χ2n) is 5.10. The number of amides is 1. The van der Waals surface area contributed by atoms with E-state index >= 15 is 0 Å². The molecule has 110 valence electrons. The van der Waals surface area contributed by atoms with Crippen LogP contribution < -0.4 is 10.1 Å². The molecule has 4 nitrogen and oxygen atoms in total. The van der Waals surface area contributed by atoms with Crippen LogP contribution in [0.4, 0.5) is 4.39 Å². The van der Waals surface area contributed by atoms with Crippen LogP contribution in [-0.2, 0) is 4.79 Å². The Labute approximate surface area is 118 Å². The van der Waals surface area contributed by atoms with Gasteiger partial charge in [0.2, 0.25) is 5.91 Å². The summed E-state index contributed by atoms with van der Waals surface area (Å²) < 4.78 is 18.2. The first-order valence-corrected chi connectivity index (χ1v) is 7.00. The monoisotopic (exact) mass is 280 g/mol. The van der Waals surface area contributed by atoms with Crippen molar-refractivity contribution in [2.24, 2.45) is 5.92 Å². The number of hydrogen-bond donors (Lipinski definition) is 1. The van der Waals surface area contributed by atoms with E-state index in [1.54, 1.807) is 12.1 Å². The molecule has 1 fully saturated rings. The molecule has 1 heterocycles. The van der Waals surface area contributed by atoms with Gasteiger partial charge in [-0.05, 0) is 50.2 Å². The first-order valence-electron chi connectivity index (χ1n) is 7.00. The first-order chi connectivity index (χ1) is 9.69. The van der Waals surface area contributed by atoms with Crippen LogP contribution in [-0.4, -0.2) is 44.1 Å². The number of carbonyl (C=O) groups is 1. The number of likely N-dealkylation sites (tertiary alicyclic amines) is 1. The lowest BCUT2D eigenvalue weighted by molar-refractivity contribution is -0.130. The Hall–Kier alpha value is -1.62. The SMILES string of the molecule is CNCC1CCN(C(=O)CCOc2ccc(F)cc2)C1. The van der Waals surface area contributed by atoms with Crippen molar-refractivity contribution in [3.63, 3.8) is 0 Å². The van der Waals surface area contributed by atoms with Crippen LogP contribution in [0.1, 0.15) is 12.8 Å². The average molecular weight is 280 g/mol. The topological polar surface area (TPSA) is 41.6 Å². The number of nitrogens with one attached hydrogen (secondary N) is 1. The Kier molecular flexibility index (Phi) is 5.35. The maximum atomic E-state index is 12.7. The molecule has 1 N–H and O–H groups in total. The maximum Gasteiger partial charge on any atom is 0.226 e. The molecule has 2 rings (SSSR count). The molecule has 20 heavy (non-hydrogen) atoms. The summed E-state index contributed by atoms with van der Waals surface area (Å²) in [5.74, 6) is 0.988. The highest BCUT2D eigenvalue weighted by molar-refractivity contribution is 5.76. The van der Waals surface area contributed by atoms with Gasteiger partial charge >= 0.3 is 0 Å². The van der Waals surface area contributed by atoms with Gasteiger partial charge in [-0.25, -0.2) is 4.39 Å². The zero-order valence-corrected chi connectivity index (χ0v) is 11.8. The lowest BCUT2D eigenvalue weighted by Gasteiger charge is -2.16. The van der Waals surface area contributed by atoms with Gasteiger partial charge in [0.15, 0.2) is 0 Å². The van der Waals surface area contributed by atoms with Crippen LogP contribution in [0.2, 0.25) is 0 Å². The minimum absolute atomic E-state index is 0.130. The van der Waals surface area contributed by atoms with Crippen molar-refractivity contribution in [3.8, 4) is 5.75 Å². The number of hydrogen-bond acceptors (Lipinski definition) is 3. The van der Waals surface area contributed by atoms with Gasteiger partial charge in [0.25, 0.3) is 0 Å². The Morgan fingerprint density at radius 3 is 2.90 bits per heavy atom. The van der Waals surface area contributed by atoms with Gasteiger partial charge in [-0.15, -0.1) is 0 Å². The van der Waals surface area contributed by atoms with Crippen molar-refractivity contribution in [3.05, 3.63) is 30.1 Å². The highest BCUT2D eigenvalue weighted by Gasteiger charge is 2.25. The normalized spacial score (nSPS) is 18.3. The van der Waals surface area contributed by atoms with Gasteiger partial charge in [0.1, 0.15) is 11.6 Å². The molecular formula is C15H21FN2O2. The van der Waals surface area contributed by atoms with Crippen LogP contribution in [0.5, 0.6) is 5.75 Å². The average Bonchev–Trinajstić information content (AvgIpc) is 2.90. The Balaban J connectivity index is 1.69. The predicted octanol–water partition coefficient (Wildman–Crippen LogP) is 1.66. The Morgan fingerprint density at radius 1 is 1.45 bits per heavy atom. The van der Waals surface area contributed by atoms with Crippen molar-refractivity contribution in [1.29, 1.82) is 0 Å². The van der Waals surface area contributed by atoms with Gasteiger partial charge in [-0.3, -0.25) is 4.79 Å². The Bertz CT molecular complexity index is 436. The molecular weight excluding hydrogens is 259 g/mol. The van der Waals surface area contributed by atoms with Crippen LogP contribution in [0, 0.1) is 11.7 Å². The van der Waals surface area contributed by atoms with E-state index in [9.17, 15) is 9.18 Å². The highest BCUT2D eigenvalue weighted by atomic mass is 19.1. The molecule has 0 aliphatic carbocycles. The van der Waals surface area contributed by atoms with E-state index in [2.05, 4.69) is 5.32 Å². The third-order valence-electron chi connectivity index (χ3n) is 3.53. The molecule has 1 aliphatic heterocycles. The fraction of sp³-hybridized carbons (Fsp3) is 0.533. The highest BCUT2D eigenvalue weighted by Crippen LogP contribution is 2.16. The molecule has 1 atom stereocenters. The molecule has 1 unspecified atom stereocenters. The number of rotatable bonds is 6. The lowest BCUT2D eigenvalue weighted by atomic mass is 10.1. The molecule has 1 amide bonds. The molecule has 1 saturated heterocycles. The van der Waals surface area contributed by atoms with E-state index in [0.29, 0.717) is 24.7 Å². The molecule has 0 aromatic heterocycles. The summed E-state index contributed by atoms with van der Waals surface area (Å²) in [6.45, 7) is 2.95. The largest absolute Gasteiger partial charge is 0.493 e. The molecule has 0 radical (unpaired) electrons. The van der Waals surface area contributed by atoms with E-state index in [-0.39, 0.29) is 11.7 Å². The van der Waals surface area contributed by atoms with Gasteiger partial charge < -0.3 is 15.0 Å². The summed E-state index contributed by atoms with van der Waals surface area (Å²) in [6.07, 6.45) is 1.43. The fourth-order valence-electron chi connectivity index (χ4n) is 2.46. The summed E-state index contributed by atoms with van der Waals surface area (Å²) in [5.41, 5.74) is 0. The molecule has 0 spiro atoms. The number of carbonyl (C=O) groups excluding carboxylic acids is 1. The molecule has 0 bridgehead atoms. The summed E-state index contributed by atoms with van der Waals surface area (Å²) >= 11 is 0. The summed E-state index contributed by atoms with van der Waals surface area (Å²) in [7, 11) is 1.93. The van der Waals surface area contributed by atoms with E-state index < -0.39 is 0 Å². The number of benzene rings is 1. The van der Waals surface area contributed by atoms with E-state index in [1.165, 1.54) is 12.1 Å². The van der Waals surface area contributed by atoms with Crippen molar-refractivity contribution in [2.45, 2.75) is 12.8 Å². The van der Waals surface area contributed by atoms with Crippen molar-refractivity contribution < 1.29 is 13.9 Å². The molecule has 0 saturated carbocycles. The Morgan fingerprint density at radius 2 is 2.20 bits per heavy atom. The zero-order chi connectivity index (χ0) is 14.4. The van der Waals surface area contributed by atoms with Crippen LogP contribution in [0.15, 0.2) is 24.3 Å². The maximum absolute atomic E-state index is 12.7. The lowest BCUT2D eigenvalue weighted by Crippen LogP contribution is -2.31. The van der Waals surface area contributed by atoms with Gasteiger partial charge in [0.05, 0.1) is 13.0 Å². The van der Waals surface area contributed by atoms with Crippen molar-refractivity contribution in [2.75, 3.05) is 33.3 Å².